The maximum absolute atomic E-state index is 13.4. The number of carbonyl (C=O) groups excluding carboxylic acids is 2. The molecule has 2 aromatic carbocycles. The number of hydrogen-bond donors (Lipinski definition) is 3. The van der Waals surface area contributed by atoms with Gasteiger partial charge in [0.15, 0.2) is 0 Å². The summed E-state index contributed by atoms with van der Waals surface area (Å²) in [7, 11) is 0. The molecule has 0 bridgehead atoms. The van der Waals surface area contributed by atoms with Gasteiger partial charge >= 0.3 is 5.97 Å². The molecule has 4 rings (SSSR count). The number of aromatic amines is 1. The van der Waals surface area contributed by atoms with Crippen LogP contribution in [0, 0.1) is 12.7 Å². The van der Waals surface area contributed by atoms with E-state index in [1.54, 1.807) is 6.92 Å². The summed E-state index contributed by atoms with van der Waals surface area (Å²) in [6.45, 7) is 1.59. The van der Waals surface area contributed by atoms with Crippen molar-refractivity contribution in [2.75, 3.05) is 4.90 Å². The van der Waals surface area contributed by atoms with Crippen molar-refractivity contribution < 1.29 is 23.9 Å². The Bertz CT molecular complexity index is 1470. The molecule has 0 saturated heterocycles. The first-order valence-corrected chi connectivity index (χ1v) is 10.7. The lowest BCUT2D eigenvalue weighted by Crippen LogP contribution is -2.35. The molecule has 1 atom stereocenters. The highest BCUT2D eigenvalue weighted by Gasteiger charge is 2.34. The van der Waals surface area contributed by atoms with Gasteiger partial charge in [-0.2, -0.15) is 5.10 Å². The number of aryl methyl sites for hydroxylation is 1. The van der Waals surface area contributed by atoms with E-state index in [0.717, 1.165) is 11.1 Å². The average Bonchev–Trinajstić information content (AvgIpc) is 2.79. The maximum Gasteiger partial charge on any atom is 0.333 e. The van der Waals surface area contributed by atoms with Crippen LogP contribution in [0.1, 0.15) is 33.8 Å². The molecule has 3 aromatic rings. The van der Waals surface area contributed by atoms with Gasteiger partial charge in [0.05, 0.1) is 28.0 Å². The molecule has 0 unspecified atom stereocenters. The fourth-order valence-electron chi connectivity index (χ4n) is 4.07. The number of primary amides is 1. The molecule has 0 aliphatic carbocycles. The number of H-pyrrole nitrogens is 1. The molecular weight excluding hydrogens is 479 g/mol. The second kappa shape index (κ2) is 9.15. The quantitative estimate of drug-likeness (QED) is 0.494. The van der Waals surface area contributed by atoms with Crippen LogP contribution in [-0.4, -0.2) is 33.1 Å². The van der Waals surface area contributed by atoms with Gasteiger partial charge in [-0.25, -0.2) is 14.3 Å². The number of benzene rings is 2. The molecule has 178 valence electrons. The molecule has 0 spiro atoms. The molecular formula is C24H18ClFN4O5. The van der Waals surface area contributed by atoms with Crippen molar-refractivity contribution in [1.82, 2.24) is 10.2 Å². The predicted molar refractivity (Wildman–Crippen MR) is 126 cm³/mol. The van der Waals surface area contributed by atoms with Crippen LogP contribution in [0.3, 0.4) is 0 Å². The minimum atomic E-state index is -1.27. The van der Waals surface area contributed by atoms with E-state index >= 15 is 0 Å². The zero-order valence-electron chi connectivity index (χ0n) is 18.2. The van der Waals surface area contributed by atoms with Crippen LogP contribution in [0.2, 0.25) is 5.02 Å². The largest absolute Gasteiger partial charge is 0.478 e. The summed E-state index contributed by atoms with van der Waals surface area (Å²) < 4.78 is 13.4. The van der Waals surface area contributed by atoms with Crippen LogP contribution >= 0.6 is 11.6 Å². The molecule has 1 aromatic heterocycles. The lowest BCUT2D eigenvalue weighted by Gasteiger charge is -2.31. The van der Waals surface area contributed by atoms with Crippen LogP contribution in [0.5, 0.6) is 0 Å². The first kappa shape index (κ1) is 23.8. The molecule has 2 heterocycles. The Kier molecular flexibility index (Phi) is 6.23. The van der Waals surface area contributed by atoms with E-state index in [0.29, 0.717) is 11.1 Å². The van der Waals surface area contributed by atoms with Crippen molar-refractivity contribution in [2.45, 2.75) is 19.3 Å². The highest BCUT2D eigenvalue weighted by Crippen LogP contribution is 2.40. The number of aliphatic carboxylic acids is 1. The van der Waals surface area contributed by atoms with Crippen molar-refractivity contribution in [3.8, 4) is 11.1 Å². The molecule has 1 aliphatic rings. The molecule has 2 amide bonds. The Balaban J connectivity index is 1.95. The van der Waals surface area contributed by atoms with E-state index < -0.39 is 35.1 Å². The highest BCUT2D eigenvalue weighted by molar-refractivity contribution is 6.33. The van der Waals surface area contributed by atoms with Crippen molar-refractivity contribution in [1.29, 1.82) is 0 Å². The monoisotopic (exact) mass is 496 g/mol. The molecule has 11 heteroatoms. The number of rotatable bonds is 5. The molecule has 1 aliphatic heterocycles. The number of anilines is 1. The van der Waals surface area contributed by atoms with Crippen molar-refractivity contribution in [3.05, 3.63) is 92.3 Å². The van der Waals surface area contributed by atoms with Gasteiger partial charge in [-0.05, 0) is 42.3 Å². The molecule has 4 N–H and O–H groups in total. The fraction of sp³-hybridized carbons (Fsp3) is 0.125. The number of nitrogens with zero attached hydrogens (tertiary/aromatic N) is 2. The van der Waals surface area contributed by atoms with E-state index in [-0.39, 0.29) is 39.4 Å². The number of hydrogen-bond acceptors (Lipinski definition) is 5. The number of amides is 2. The average molecular weight is 497 g/mol. The third-order valence-corrected chi connectivity index (χ3v) is 6.04. The Morgan fingerprint density at radius 3 is 2.51 bits per heavy atom. The number of aromatic nitrogens is 2. The number of nitrogens with two attached hydrogens (primary N) is 1. The molecule has 9 nitrogen and oxygen atoms in total. The lowest BCUT2D eigenvalue weighted by molar-refractivity contribution is -0.133. The van der Waals surface area contributed by atoms with Crippen molar-refractivity contribution in [2.24, 2.45) is 5.73 Å². The maximum atomic E-state index is 13.4. The van der Waals surface area contributed by atoms with E-state index in [1.165, 1.54) is 42.6 Å². The standard InChI is InChI=1S/C24H18ClFN4O5/c1-11-6-19(16(7-14(11)22(27)32)21-18(25)9-28-29-23(21)33)30-10-17(24(34)35)15(8-20(30)31)12-2-4-13(26)5-3-12/h2-7,9-10,15H,8H2,1H3,(H2,27,32)(H,29,33)(H,34,35)/t15-/m0/s1. The smallest absolute Gasteiger partial charge is 0.333 e. The predicted octanol–water partition coefficient (Wildman–Crippen LogP) is 3.13. The van der Waals surface area contributed by atoms with Crippen LogP contribution in [-0.2, 0) is 9.59 Å². The summed E-state index contributed by atoms with van der Waals surface area (Å²) in [4.78, 5) is 51.1. The van der Waals surface area contributed by atoms with Crippen LogP contribution in [0.25, 0.3) is 11.1 Å². The summed E-state index contributed by atoms with van der Waals surface area (Å²) >= 11 is 6.24. The molecule has 35 heavy (non-hydrogen) atoms. The van der Waals surface area contributed by atoms with Crippen LogP contribution in [0.4, 0.5) is 10.1 Å². The van der Waals surface area contributed by atoms with Crippen LogP contribution in [0.15, 0.2) is 59.2 Å². The van der Waals surface area contributed by atoms with E-state index in [4.69, 9.17) is 17.3 Å². The second-order valence-electron chi connectivity index (χ2n) is 7.93. The number of halogens is 2. The summed E-state index contributed by atoms with van der Waals surface area (Å²) in [5, 5.41) is 15.7. The van der Waals surface area contributed by atoms with Gasteiger partial charge < -0.3 is 10.8 Å². The minimum Gasteiger partial charge on any atom is -0.478 e. The van der Waals surface area contributed by atoms with Gasteiger partial charge in [0.25, 0.3) is 5.56 Å². The Morgan fingerprint density at radius 1 is 1.23 bits per heavy atom. The number of carboxylic acids is 1. The van der Waals surface area contributed by atoms with Gasteiger partial charge in [0, 0.05) is 29.7 Å². The number of carboxylic acid groups (broad SMARTS) is 1. The SMILES string of the molecule is Cc1cc(N2C=C(C(=O)O)[C@H](c3ccc(F)cc3)CC2=O)c(-c2c(Cl)cn[nH]c2=O)cc1C(N)=O. The second-order valence-corrected chi connectivity index (χ2v) is 8.34. The van der Waals surface area contributed by atoms with Gasteiger partial charge in [-0.15, -0.1) is 0 Å². The Labute approximate surface area is 202 Å². The van der Waals surface area contributed by atoms with Crippen molar-refractivity contribution >= 4 is 35.1 Å². The highest BCUT2D eigenvalue weighted by atomic mass is 35.5. The lowest BCUT2D eigenvalue weighted by atomic mass is 9.85. The Hall–Kier alpha value is -4.31. The summed E-state index contributed by atoms with van der Waals surface area (Å²) in [5.41, 5.74) is 5.78. The first-order chi connectivity index (χ1) is 16.6. The summed E-state index contributed by atoms with van der Waals surface area (Å²) in [5.74, 6) is -3.84. The third kappa shape index (κ3) is 4.43. The normalized spacial score (nSPS) is 15.6. The zero-order chi connectivity index (χ0) is 25.4. The summed E-state index contributed by atoms with van der Waals surface area (Å²) in [6, 6.07) is 8.01. The van der Waals surface area contributed by atoms with E-state index in [9.17, 15) is 28.7 Å². The molecule has 0 radical (unpaired) electrons. The van der Waals surface area contributed by atoms with Gasteiger partial charge in [-0.1, -0.05) is 23.7 Å². The summed E-state index contributed by atoms with van der Waals surface area (Å²) in [6.07, 6.45) is 2.11. The number of carbonyl (C=O) groups is 3. The molecule has 0 saturated carbocycles. The van der Waals surface area contributed by atoms with Gasteiger partial charge in [-0.3, -0.25) is 19.3 Å². The van der Waals surface area contributed by atoms with E-state index in [1.807, 2.05) is 0 Å². The molecule has 0 fully saturated rings. The number of nitrogens with one attached hydrogen (secondary N) is 1. The third-order valence-electron chi connectivity index (χ3n) is 5.76. The van der Waals surface area contributed by atoms with Crippen molar-refractivity contribution in [3.63, 3.8) is 0 Å². The van der Waals surface area contributed by atoms with Gasteiger partial charge in [0.2, 0.25) is 11.8 Å². The minimum absolute atomic E-state index is 0.0506. The topological polar surface area (TPSA) is 146 Å². The van der Waals surface area contributed by atoms with Gasteiger partial charge in [0.1, 0.15) is 5.82 Å². The first-order valence-electron chi connectivity index (χ1n) is 10.3. The Morgan fingerprint density at radius 2 is 1.91 bits per heavy atom. The van der Waals surface area contributed by atoms with Crippen LogP contribution < -0.4 is 16.2 Å². The van der Waals surface area contributed by atoms with E-state index in [2.05, 4.69) is 10.2 Å². The fourth-order valence-corrected chi connectivity index (χ4v) is 4.31. The zero-order valence-corrected chi connectivity index (χ0v) is 19.0.